The molecule has 2 heterocycles. The Bertz CT molecular complexity index is 980. The molecule has 2 nitrogen and oxygen atoms in total. The number of hydrogen-bond donors (Lipinski definition) is 0. The molecule has 0 bridgehead atoms. The first kappa shape index (κ1) is 16.0. The lowest BCUT2D eigenvalue weighted by atomic mass is 9.93. The average Bonchev–Trinajstić information content (AvgIpc) is 2.75. The number of hydrogen-bond acceptors (Lipinski definition) is 2. The molecule has 2 heteroatoms. The van der Waals surface area contributed by atoms with Gasteiger partial charge in [0.15, 0.2) is 0 Å². The maximum Gasteiger partial charge on any atom is 0.0273 e. The van der Waals surface area contributed by atoms with Crippen molar-refractivity contribution in [3.8, 4) is 33.4 Å². The lowest BCUT2D eigenvalue weighted by Crippen LogP contribution is -1.87. The zero-order valence-corrected chi connectivity index (χ0v) is 14.3. The molecule has 0 amide bonds. The van der Waals surface area contributed by atoms with Crippen LogP contribution in [0.3, 0.4) is 0 Å². The van der Waals surface area contributed by atoms with Gasteiger partial charge in [-0.05, 0) is 87.5 Å². The molecule has 4 aromatic rings. The molecule has 0 saturated carbocycles. The van der Waals surface area contributed by atoms with Gasteiger partial charge in [-0.1, -0.05) is 30.9 Å². The molecule has 26 heavy (non-hydrogen) atoms. The predicted molar refractivity (Wildman–Crippen MR) is 108 cm³/mol. The summed E-state index contributed by atoms with van der Waals surface area (Å²) in [5.74, 6) is 0. The second kappa shape index (κ2) is 7.16. The van der Waals surface area contributed by atoms with Crippen LogP contribution in [0.4, 0.5) is 0 Å². The molecule has 124 valence electrons. The number of rotatable bonds is 4. The van der Waals surface area contributed by atoms with E-state index in [1.807, 2.05) is 55.1 Å². The fraction of sp³-hybridized carbons (Fsp3) is 0. The van der Waals surface area contributed by atoms with Gasteiger partial charge in [-0.15, -0.1) is 0 Å². The van der Waals surface area contributed by atoms with E-state index >= 15 is 0 Å². The smallest absolute Gasteiger partial charge is 0.0273 e. The van der Waals surface area contributed by atoms with Crippen LogP contribution in [0.5, 0.6) is 0 Å². The van der Waals surface area contributed by atoms with Gasteiger partial charge in [-0.2, -0.15) is 0 Å². The minimum absolute atomic E-state index is 1.11. The number of benzene rings is 2. The lowest BCUT2D eigenvalue weighted by molar-refractivity contribution is 1.33. The number of nitrogens with zero attached hydrogens (tertiary/aromatic N) is 2. The molecular formula is C24H18N2. The third-order valence-electron chi connectivity index (χ3n) is 4.42. The summed E-state index contributed by atoms with van der Waals surface area (Å²) < 4.78 is 0. The van der Waals surface area contributed by atoms with Gasteiger partial charge in [-0.3, -0.25) is 9.97 Å². The van der Waals surface area contributed by atoms with Crippen LogP contribution in [-0.2, 0) is 0 Å². The maximum atomic E-state index is 4.14. The van der Waals surface area contributed by atoms with E-state index in [4.69, 9.17) is 0 Å². The van der Waals surface area contributed by atoms with Crippen molar-refractivity contribution in [3.05, 3.63) is 104 Å². The van der Waals surface area contributed by atoms with Crippen molar-refractivity contribution in [1.29, 1.82) is 0 Å². The summed E-state index contributed by atoms with van der Waals surface area (Å²) in [5.41, 5.74) is 8.10. The summed E-state index contributed by atoms with van der Waals surface area (Å²) in [6.07, 6.45) is 9.18. The average molecular weight is 334 g/mol. The maximum absolute atomic E-state index is 4.14. The van der Waals surface area contributed by atoms with Crippen molar-refractivity contribution in [2.24, 2.45) is 0 Å². The SMILES string of the molecule is C=Cc1cccc(-c2cc(-c3ccncc3)cc(-c3ccncc3)c2)c1. The Labute approximate surface area is 153 Å². The normalized spacial score (nSPS) is 10.5. The molecule has 2 aromatic heterocycles. The van der Waals surface area contributed by atoms with E-state index in [1.54, 1.807) is 0 Å². The Balaban J connectivity index is 1.92. The van der Waals surface area contributed by atoms with Gasteiger partial charge in [0.1, 0.15) is 0 Å². The Morgan fingerprint density at radius 2 is 1.04 bits per heavy atom. The number of aromatic nitrogens is 2. The van der Waals surface area contributed by atoms with Gasteiger partial charge in [-0.25, -0.2) is 0 Å². The van der Waals surface area contributed by atoms with Crippen molar-refractivity contribution < 1.29 is 0 Å². The molecule has 0 N–H and O–H groups in total. The fourth-order valence-corrected chi connectivity index (χ4v) is 3.06. The molecule has 0 aliphatic carbocycles. The highest BCUT2D eigenvalue weighted by atomic mass is 14.6. The van der Waals surface area contributed by atoms with Gasteiger partial charge in [0, 0.05) is 24.8 Å². The summed E-state index contributed by atoms with van der Waals surface area (Å²) in [5, 5.41) is 0. The summed E-state index contributed by atoms with van der Waals surface area (Å²) >= 11 is 0. The highest BCUT2D eigenvalue weighted by Gasteiger charge is 2.07. The quantitative estimate of drug-likeness (QED) is 0.449. The molecule has 2 aromatic carbocycles. The first-order valence-corrected chi connectivity index (χ1v) is 8.52. The first-order valence-electron chi connectivity index (χ1n) is 8.52. The Morgan fingerprint density at radius 3 is 1.54 bits per heavy atom. The van der Waals surface area contributed by atoms with Crippen molar-refractivity contribution in [3.63, 3.8) is 0 Å². The number of pyridine rings is 2. The van der Waals surface area contributed by atoms with E-state index in [9.17, 15) is 0 Å². The van der Waals surface area contributed by atoms with Crippen LogP contribution in [0, 0.1) is 0 Å². The largest absolute Gasteiger partial charge is 0.265 e. The highest BCUT2D eigenvalue weighted by Crippen LogP contribution is 2.32. The molecular weight excluding hydrogens is 316 g/mol. The predicted octanol–water partition coefficient (Wildman–Crippen LogP) is 6.12. The van der Waals surface area contributed by atoms with Gasteiger partial charge >= 0.3 is 0 Å². The molecule has 0 aliphatic rings. The molecule has 0 radical (unpaired) electrons. The van der Waals surface area contributed by atoms with Crippen LogP contribution >= 0.6 is 0 Å². The van der Waals surface area contributed by atoms with Crippen molar-refractivity contribution in [1.82, 2.24) is 9.97 Å². The van der Waals surface area contributed by atoms with E-state index in [1.165, 1.54) is 22.3 Å². The Kier molecular flexibility index (Phi) is 4.40. The van der Waals surface area contributed by atoms with Crippen LogP contribution in [0.2, 0.25) is 0 Å². The van der Waals surface area contributed by atoms with Gasteiger partial charge in [0.2, 0.25) is 0 Å². The minimum atomic E-state index is 1.11. The summed E-state index contributed by atoms with van der Waals surface area (Å²) in [7, 11) is 0. The van der Waals surface area contributed by atoms with E-state index in [0.717, 1.165) is 16.7 Å². The van der Waals surface area contributed by atoms with Gasteiger partial charge in [0.05, 0.1) is 0 Å². The molecule has 0 unspecified atom stereocenters. The minimum Gasteiger partial charge on any atom is -0.265 e. The van der Waals surface area contributed by atoms with Crippen molar-refractivity contribution in [2.75, 3.05) is 0 Å². The second-order valence-electron chi connectivity index (χ2n) is 6.10. The van der Waals surface area contributed by atoms with Gasteiger partial charge in [0.25, 0.3) is 0 Å². The zero-order chi connectivity index (χ0) is 17.8. The summed E-state index contributed by atoms with van der Waals surface area (Å²) in [4.78, 5) is 8.27. The molecule has 0 fully saturated rings. The third-order valence-corrected chi connectivity index (χ3v) is 4.42. The molecule has 0 atom stereocenters. The molecule has 0 saturated heterocycles. The highest BCUT2D eigenvalue weighted by molar-refractivity contribution is 5.81. The van der Waals surface area contributed by atoms with Gasteiger partial charge < -0.3 is 0 Å². The van der Waals surface area contributed by atoms with Crippen LogP contribution < -0.4 is 0 Å². The van der Waals surface area contributed by atoms with E-state index in [2.05, 4.69) is 59.0 Å². The van der Waals surface area contributed by atoms with Crippen molar-refractivity contribution in [2.45, 2.75) is 0 Å². The van der Waals surface area contributed by atoms with Crippen LogP contribution in [0.15, 0.2) is 98.1 Å². The topological polar surface area (TPSA) is 25.8 Å². The Morgan fingerprint density at radius 1 is 0.538 bits per heavy atom. The van der Waals surface area contributed by atoms with Crippen LogP contribution in [0.1, 0.15) is 5.56 Å². The monoisotopic (exact) mass is 334 g/mol. The standard InChI is InChI=1S/C24H18N2/c1-2-18-4-3-5-21(14-18)24-16-22(19-6-10-25-11-7-19)15-23(17-24)20-8-12-26-13-9-20/h2-17H,1H2. The molecule has 0 spiro atoms. The molecule has 4 rings (SSSR count). The first-order chi connectivity index (χ1) is 12.8. The second-order valence-corrected chi connectivity index (χ2v) is 6.10. The summed E-state index contributed by atoms with van der Waals surface area (Å²) in [6, 6.07) is 23.2. The molecule has 0 aliphatic heterocycles. The zero-order valence-electron chi connectivity index (χ0n) is 14.3. The van der Waals surface area contributed by atoms with E-state index < -0.39 is 0 Å². The van der Waals surface area contributed by atoms with E-state index in [-0.39, 0.29) is 0 Å². The van der Waals surface area contributed by atoms with Crippen molar-refractivity contribution >= 4 is 6.08 Å². The lowest BCUT2D eigenvalue weighted by Gasteiger charge is -2.11. The van der Waals surface area contributed by atoms with Crippen LogP contribution in [0.25, 0.3) is 39.5 Å². The summed E-state index contributed by atoms with van der Waals surface area (Å²) in [6.45, 7) is 3.88. The van der Waals surface area contributed by atoms with E-state index in [0.29, 0.717) is 0 Å². The van der Waals surface area contributed by atoms with Crippen LogP contribution in [-0.4, -0.2) is 9.97 Å². The Hall–Kier alpha value is -3.52. The third kappa shape index (κ3) is 3.31. The fourth-order valence-electron chi connectivity index (χ4n) is 3.06.